The second-order valence-corrected chi connectivity index (χ2v) is 7.11. The fourth-order valence-corrected chi connectivity index (χ4v) is 2.92. The Kier molecular flexibility index (Phi) is 8.06. The quantitative estimate of drug-likeness (QED) is 0.570. The van der Waals surface area contributed by atoms with E-state index in [0.29, 0.717) is 22.4 Å². The van der Waals surface area contributed by atoms with E-state index in [0.717, 1.165) is 17.9 Å². The number of halogens is 1. The van der Waals surface area contributed by atoms with Gasteiger partial charge in [-0.2, -0.15) is 0 Å². The van der Waals surface area contributed by atoms with Gasteiger partial charge in [0.25, 0.3) is 5.91 Å². The average molecular weight is 451 g/mol. The van der Waals surface area contributed by atoms with Crippen LogP contribution in [0.25, 0.3) is 0 Å². The molecular weight excluding hydrogens is 428 g/mol. The number of hydrogen-bond acceptors (Lipinski definition) is 4. The van der Waals surface area contributed by atoms with Gasteiger partial charge >= 0.3 is 0 Å². The maximum atomic E-state index is 12.4. The van der Waals surface area contributed by atoms with Crippen LogP contribution < -0.4 is 20.1 Å². The van der Waals surface area contributed by atoms with Gasteiger partial charge in [-0.3, -0.25) is 10.1 Å². The van der Waals surface area contributed by atoms with Gasteiger partial charge < -0.3 is 14.8 Å². The molecule has 0 bridgehead atoms. The van der Waals surface area contributed by atoms with Crippen molar-refractivity contribution in [3.05, 3.63) is 52.5 Å². The molecule has 0 fully saturated rings. The molecule has 0 heterocycles. The summed E-state index contributed by atoms with van der Waals surface area (Å²) < 4.78 is 12.0. The first-order valence-electron chi connectivity index (χ1n) is 8.74. The van der Waals surface area contributed by atoms with E-state index in [1.54, 1.807) is 18.2 Å². The number of benzene rings is 2. The maximum absolute atomic E-state index is 12.4. The van der Waals surface area contributed by atoms with Gasteiger partial charge in [0.1, 0.15) is 11.5 Å². The maximum Gasteiger partial charge on any atom is 0.257 e. The molecule has 2 aromatic carbocycles. The number of rotatable bonds is 7. The van der Waals surface area contributed by atoms with Crippen molar-refractivity contribution in [1.29, 1.82) is 0 Å². The van der Waals surface area contributed by atoms with E-state index in [-0.39, 0.29) is 17.1 Å². The van der Waals surface area contributed by atoms with Gasteiger partial charge in [-0.05, 0) is 78.7 Å². The number of hydrogen-bond donors (Lipinski definition) is 2. The van der Waals surface area contributed by atoms with Gasteiger partial charge in [0.05, 0.1) is 17.2 Å². The molecule has 0 aliphatic rings. The number of carbonyl (C=O) groups excluding carboxylic acids is 1. The van der Waals surface area contributed by atoms with Gasteiger partial charge in [-0.15, -0.1) is 0 Å². The number of anilines is 1. The molecule has 1 amide bonds. The van der Waals surface area contributed by atoms with E-state index in [9.17, 15) is 4.79 Å². The third-order valence-electron chi connectivity index (χ3n) is 3.73. The first kappa shape index (κ1) is 21.2. The van der Waals surface area contributed by atoms with Crippen LogP contribution in [0.5, 0.6) is 11.5 Å². The molecule has 5 nitrogen and oxygen atoms in total. The van der Waals surface area contributed by atoms with Gasteiger partial charge in [0, 0.05) is 17.3 Å². The second-order valence-electron chi connectivity index (χ2n) is 5.85. The Bertz CT molecular complexity index is 814. The van der Waals surface area contributed by atoms with E-state index in [1.807, 2.05) is 38.1 Å². The zero-order valence-corrected chi connectivity index (χ0v) is 17.9. The van der Waals surface area contributed by atoms with E-state index in [1.165, 1.54) is 0 Å². The van der Waals surface area contributed by atoms with Crippen molar-refractivity contribution in [3.63, 3.8) is 0 Å². The molecule has 1 unspecified atom stereocenters. The van der Waals surface area contributed by atoms with Crippen LogP contribution in [0.3, 0.4) is 0 Å². The summed E-state index contributed by atoms with van der Waals surface area (Å²) >= 11 is 8.65. The molecule has 0 spiro atoms. The monoisotopic (exact) mass is 450 g/mol. The van der Waals surface area contributed by atoms with E-state index >= 15 is 0 Å². The number of carbonyl (C=O) groups is 1. The fraction of sp³-hybridized carbons (Fsp3) is 0.300. The van der Waals surface area contributed by atoms with Gasteiger partial charge in [-0.25, -0.2) is 0 Å². The zero-order valence-electron chi connectivity index (χ0n) is 15.5. The molecule has 0 aliphatic heterocycles. The fourth-order valence-electron chi connectivity index (χ4n) is 2.22. The average Bonchev–Trinajstić information content (AvgIpc) is 2.63. The lowest BCUT2D eigenvalue weighted by Crippen LogP contribution is -2.34. The van der Waals surface area contributed by atoms with Crippen molar-refractivity contribution >= 4 is 44.9 Å². The lowest BCUT2D eigenvalue weighted by Gasteiger charge is -2.14. The molecular formula is C20H23BrN2O3S. The van der Waals surface area contributed by atoms with Crippen LogP contribution >= 0.6 is 28.1 Å². The molecule has 2 N–H and O–H groups in total. The number of ether oxygens (including phenoxy) is 2. The van der Waals surface area contributed by atoms with E-state index in [4.69, 9.17) is 21.7 Å². The summed E-state index contributed by atoms with van der Waals surface area (Å²) in [6, 6.07) is 12.6. The molecule has 2 rings (SSSR count). The van der Waals surface area contributed by atoms with Crippen LogP contribution in [0, 0.1) is 0 Å². The van der Waals surface area contributed by atoms with Crippen molar-refractivity contribution in [3.8, 4) is 11.5 Å². The van der Waals surface area contributed by atoms with Crippen LogP contribution in [0.15, 0.2) is 46.9 Å². The highest BCUT2D eigenvalue weighted by Gasteiger charge is 2.11. The molecule has 0 aliphatic carbocycles. The van der Waals surface area contributed by atoms with Crippen molar-refractivity contribution < 1.29 is 14.3 Å². The van der Waals surface area contributed by atoms with Gasteiger partial charge in [0.15, 0.2) is 5.11 Å². The summed E-state index contributed by atoms with van der Waals surface area (Å²) in [5.41, 5.74) is 1.22. The Morgan fingerprint density at radius 3 is 2.67 bits per heavy atom. The van der Waals surface area contributed by atoms with Crippen molar-refractivity contribution in [1.82, 2.24) is 5.32 Å². The third-order valence-corrected chi connectivity index (χ3v) is 4.55. The first-order chi connectivity index (χ1) is 12.9. The number of amides is 1. The molecule has 7 heteroatoms. The predicted octanol–water partition coefficient (Wildman–Crippen LogP) is 5.15. The molecule has 144 valence electrons. The Hall–Kier alpha value is -2.12. The molecule has 0 aromatic heterocycles. The minimum Gasteiger partial charge on any atom is -0.493 e. The van der Waals surface area contributed by atoms with Crippen LogP contribution in [-0.4, -0.2) is 23.7 Å². The smallest absolute Gasteiger partial charge is 0.257 e. The lowest BCUT2D eigenvalue weighted by molar-refractivity contribution is 0.0977. The van der Waals surface area contributed by atoms with Crippen LogP contribution in [-0.2, 0) is 0 Å². The summed E-state index contributed by atoms with van der Waals surface area (Å²) in [6.45, 7) is 6.54. The predicted molar refractivity (Wildman–Crippen MR) is 116 cm³/mol. The summed E-state index contributed by atoms with van der Waals surface area (Å²) in [5.74, 6) is 1.13. The highest BCUT2D eigenvalue weighted by Crippen LogP contribution is 2.26. The Balaban J connectivity index is 1.98. The van der Waals surface area contributed by atoms with Crippen LogP contribution in [0.4, 0.5) is 5.69 Å². The summed E-state index contributed by atoms with van der Waals surface area (Å²) in [5, 5.41) is 5.89. The SMILES string of the molecule is CCOc1ccc(C(=O)NC(=S)Nc2cccc(OC(C)CC)c2)cc1Br. The third kappa shape index (κ3) is 6.52. The normalized spacial score (nSPS) is 11.4. The zero-order chi connectivity index (χ0) is 19.8. The summed E-state index contributed by atoms with van der Waals surface area (Å²) in [4.78, 5) is 12.4. The van der Waals surface area contributed by atoms with Crippen LogP contribution in [0.2, 0.25) is 0 Å². The molecule has 2 aromatic rings. The molecule has 1 atom stereocenters. The Morgan fingerprint density at radius 2 is 2.00 bits per heavy atom. The largest absolute Gasteiger partial charge is 0.493 e. The van der Waals surface area contributed by atoms with Gasteiger partial charge in [0.2, 0.25) is 0 Å². The Morgan fingerprint density at radius 1 is 1.22 bits per heavy atom. The number of thiocarbonyl (C=S) groups is 1. The van der Waals surface area contributed by atoms with Gasteiger partial charge in [-0.1, -0.05) is 13.0 Å². The Labute approximate surface area is 173 Å². The lowest BCUT2D eigenvalue weighted by atomic mass is 10.2. The summed E-state index contributed by atoms with van der Waals surface area (Å²) in [7, 11) is 0. The highest BCUT2D eigenvalue weighted by molar-refractivity contribution is 9.10. The highest BCUT2D eigenvalue weighted by atomic mass is 79.9. The van der Waals surface area contributed by atoms with E-state index < -0.39 is 0 Å². The standard InChI is InChI=1S/C20H23BrN2O3S/c1-4-13(3)26-16-8-6-7-15(12-16)22-20(27)23-19(24)14-9-10-18(25-5-2)17(21)11-14/h6-13H,4-5H2,1-3H3,(H2,22,23,24,27). The molecule has 0 radical (unpaired) electrons. The first-order valence-corrected chi connectivity index (χ1v) is 9.94. The minimum absolute atomic E-state index is 0.130. The van der Waals surface area contributed by atoms with Crippen molar-refractivity contribution in [2.24, 2.45) is 0 Å². The summed E-state index contributed by atoms with van der Waals surface area (Å²) in [6.07, 6.45) is 1.05. The second kappa shape index (κ2) is 10.3. The number of nitrogens with one attached hydrogen (secondary N) is 2. The van der Waals surface area contributed by atoms with Crippen LogP contribution in [0.1, 0.15) is 37.6 Å². The molecule has 0 saturated heterocycles. The van der Waals surface area contributed by atoms with Crippen molar-refractivity contribution in [2.75, 3.05) is 11.9 Å². The molecule has 27 heavy (non-hydrogen) atoms. The van der Waals surface area contributed by atoms with Crippen molar-refractivity contribution in [2.45, 2.75) is 33.3 Å². The minimum atomic E-state index is -0.303. The van der Waals surface area contributed by atoms with E-state index in [2.05, 4.69) is 33.5 Å². The molecule has 0 saturated carbocycles. The topological polar surface area (TPSA) is 59.6 Å².